The molecular formula is C29H35N7O7. The van der Waals surface area contributed by atoms with Crippen LogP contribution in [0.2, 0.25) is 0 Å². The number of fused-ring (bicyclic) bond motifs is 2. The van der Waals surface area contributed by atoms with Crippen LogP contribution in [0.1, 0.15) is 32.6 Å². The summed E-state index contributed by atoms with van der Waals surface area (Å²) >= 11 is 0. The zero-order valence-corrected chi connectivity index (χ0v) is 24.4. The Labute approximate surface area is 248 Å². The molecule has 0 spiro atoms. The third-order valence-electron chi connectivity index (χ3n) is 7.04. The Bertz CT molecular complexity index is 1480. The number of nitrogens with zero attached hydrogens (tertiary/aromatic N) is 5. The number of ether oxygens (including phenoxy) is 4. The average Bonchev–Trinajstić information content (AvgIpc) is 3.70. The van der Waals surface area contributed by atoms with E-state index in [1.165, 1.54) is 24.6 Å². The molecule has 0 radical (unpaired) electrons. The average molecular weight is 594 g/mol. The molecule has 0 bridgehead atoms. The maximum absolute atomic E-state index is 13.5. The minimum atomic E-state index is -1.08. The first-order valence-electron chi connectivity index (χ1n) is 14.1. The molecule has 14 heteroatoms. The van der Waals surface area contributed by atoms with E-state index < -0.39 is 48.7 Å². The third-order valence-corrected chi connectivity index (χ3v) is 7.04. The van der Waals surface area contributed by atoms with E-state index in [4.69, 9.17) is 18.9 Å². The molecule has 0 aliphatic carbocycles. The predicted molar refractivity (Wildman–Crippen MR) is 154 cm³/mol. The lowest BCUT2D eigenvalue weighted by molar-refractivity contribution is -0.163. The Morgan fingerprint density at radius 1 is 1.09 bits per heavy atom. The number of aromatic nitrogens is 4. The van der Waals surface area contributed by atoms with Crippen LogP contribution in [0, 0.1) is 0 Å². The number of rotatable bonds is 11. The minimum Gasteiger partial charge on any atom is -0.465 e. The maximum Gasteiger partial charge on any atom is 0.325 e. The molecule has 2 aliphatic rings. The molecule has 4 unspecified atom stereocenters. The minimum absolute atomic E-state index is 0.185. The van der Waals surface area contributed by atoms with Gasteiger partial charge in [-0.3, -0.25) is 19.0 Å². The monoisotopic (exact) mass is 593 g/mol. The Balaban J connectivity index is 1.42. The fraction of sp³-hybridized carbons (Fsp3) is 0.448. The van der Waals surface area contributed by atoms with Crippen molar-refractivity contribution in [3.63, 3.8) is 0 Å². The van der Waals surface area contributed by atoms with Gasteiger partial charge in [0.15, 0.2) is 35.6 Å². The van der Waals surface area contributed by atoms with Crippen molar-refractivity contribution in [1.29, 1.82) is 0 Å². The molecular weight excluding hydrogens is 558 g/mol. The van der Waals surface area contributed by atoms with Crippen molar-refractivity contribution >= 4 is 40.8 Å². The summed E-state index contributed by atoms with van der Waals surface area (Å²) in [7, 11) is 1.50. The second-order valence-electron chi connectivity index (χ2n) is 10.1. The first kappa shape index (κ1) is 30.1. The van der Waals surface area contributed by atoms with E-state index in [1.54, 1.807) is 24.5 Å². The van der Waals surface area contributed by atoms with Gasteiger partial charge in [-0.15, -0.1) is 0 Å². The molecule has 2 amide bonds. The molecule has 2 N–H and O–H groups in total. The number of carbonyl (C=O) groups excluding carboxylic acids is 3. The number of hydrogen-bond acceptors (Lipinski definition) is 11. The molecule has 5 rings (SSSR count). The number of carbonyl (C=O) groups is 3. The largest absolute Gasteiger partial charge is 0.465 e. The second-order valence-corrected chi connectivity index (χ2v) is 10.1. The zero-order valence-electron chi connectivity index (χ0n) is 24.4. The second kappa shape index (κ2) is 13.3. The smallest absolute Gasteiger partial charge is 0.325 e. The van der Waals surface area contributed by atoms with Crippen molar-refractivity contribution in [3.05, 3.63) is 54.6 Å². The van der Waals surface area contributed by atoms with E-state index in [-0.39, 0.29) is 19.1 Å². The van der Waals surface area contributed by atoms with Gasteiger partial charge in [-0.1, -0.05) is 36.4 Å². The molecule has 6 atom stereocenters. The summed E-state index contributed by atoms with van der Waals surface area (Å²) in [4.78, 5) is 52.3. The molecule has 14 nitrogen and oxygen atoms in total. The van der Waals surface area contributed by atoms with Crippen LogP contribution in [0.3, 0.4) is 0 Å². The van der Waals surface area contributed by atoms with Gasteiger partial charge in [0.25, 0.3) is 5.91 Å². The molecule has 228 valence electrons. The summed E-state index contributed by atoms with van der Waals surface area (Å²) in [5, 5.41) is 5.85. The van der Waals surface area contributed by atoms with E-state index in [0.717, 1.165) is 5.56 Å². The quantitative estimate of drug-likeness (QED) is 0.310. The highest BCUT2D eigenvalue weighted by atomic mass is 16.8. The van der Waals surface area contributed by atoms with Gasteiger partial charge in [0.1, 0.15) is 31.1 Å². The number of nitrogens with one attached hydrogen (secondary N) is 2. The summed E-state index contributed by atoms with van der Waals surface area (Å²) in [5.74, 6) is -0.809. The van der Waals surface area contributed by atoms with Crippen LogP contribution in [0.15, 0.2) is 49.1 Å². The predicted octanol–water partition coefficient (Wildman–Crippen LogP) is 1.51. The van der Waals surface area contributed by atoms with Crippen molar-refractivity contribution < 1.29 is 33.3 Å². The van der Waals surface area contributed by atoms with Gasteiger partial charge in [-0.25, -0.2) is 15.0 Å². The Morgan fingerprint density at radius 3 is 2.60 bits per heavy atom. The van der Waals surface area contributed by atoms with E-state index in [2.05, 4.69) is 25.6 Å². The topological polar surface area (TPSA) is 159 Å². The van der Waals surface area contributed by atoms with Gasteiger partial charge >= 0.3 is 5.97 Å². The lowest BCUT2D eigenvalue weighted by Gasteiger charge is -2.23. The van der Waals surface area contributed by atoms with Gasteiger partial charge in [0.05, 0.1) is 12.9 Å². The van der Waals surface area contributed by atoms with Crippen molar-refractivity contribution in [2.24, 2.45) is 0 Å². The first-order valence-corrected chi connectivity index (χ1v) is 14.1. The summed E-state index contributed by atoms with van der Waals surface area (Å²) in [6.07, 6.45) is 2.33. The van der Waals surface area contributed by atoms with Gasteiger partial charge in [0.2, 0.25) is 5.91 Å². The van der Waals surface area contributed by atoms with Crippen LogP contribution in [0.25, 0.3) is 17.2 Å². The molecule has 1 aromatic carbocycles. The van der Waals surface area contributed by atoms with Crippen LogP contribution in [-0.2, 0) is 33.3 Å². The van der Waals surface area contributed by atoms with Crippen molar-refractivity contribution in [3.8, 4) is 0 Å². The highest BCUT2D eigenvalue weighted by molar-refractivity contribution is 5.89. The number of amides is 2. The highest BCUT2D eigenvalue weighted by Gasteiger charge is 2.56. The highest BCUT2D eigenvalue weighted by Crippen LogP contribution is 2.41. The summed E-state index contributed by atoms with van der Waals surface area (Å²) in [6.45, 7) is 5.71. The lowest BCUT2D eigenvalue weighted by atomic mass is 10.1. The van der Waals surface area contributed by atoms with Crippen molar-refractivity contribution in [2.75, 3.05) is 32.1 Å². The van der Waals surface area contributed by atoms with Gasteiger partial charge in [-0.05, 0) is 32.4 Å². The summed E-state index contributed by atoms with van der Waals surface area (Å²) in [5.41, 5.74) is 1.78. The van der Waals surface area contributed by atoms with Crippen LogP contribution < -0.4 is 10.6 Å². The Kier molecular flexibility index (Phi) is 9.28. The van der Waals surface area contributed by atoms with Crippen molar-refractivity contribution in [2.45, 2.75) is 57.6 Å². The Hall–Kier alpha value is -4.40. The Morgan fingerprint density at radius 2 is 1.86 bits per heavy atom. The third kappa shape index (κ3) is 6.50. The number of esters is 1. The van der Waals surface area contributed by atoms with Gasteiger partial charge in [0, 0.05) is 13.6 Å². The van der Waals surface area contributed by atoms with Crippen LogP contribution >= 0.6 is 0 Å². The number of anilines is 1. The van der Waals surface area contributed by atoms with E-state index in [1.807, 2.05) is 43.3 Å². The fourth-order valence-corrected chi connectivity index (χ4v) is 4.98. The van der Waals surface area contributed by atoms with E-state index >= 15 is 0 Å². The molecule has 2 aromatic heterocycles. The lowest BCUT2D eigenvalue weighted by Crippen LogP contribution is -2.45. The number of benzene rings is 1. The fourth-order valence-electron chi connectivity index (χ4n) is 4.98. The standard InChI is InChI=1S/C29H35N7O7/c1-5-30-27(38)17(3)34-25-21-26(32-15-31-25)36(16-33-21)29-24-22(23(43-29)28(39)35(4)14-19(37)40-6-2)41-20(42-24)13-12-18-10-8-7-9-11-18/h7-13,15-17,20,22-24,29H,5-6,14H2,1-4H3,(H,30,38)(H,31,32,34)/b13-12+/t17-,20-,22?,23?,24?,29?/m0/s1. The van der Waals surface area contributed by atoms with E-state index in [0.29, 0.717) is 23.5 Å². The molecule has 4 heterocycles. The van der Waals surface area contributed by atoms with Crippen LogP contribution in [-0.4, -0.2) is 99.6 Å². The van der Waals surface area contributed by atoms with E-state index in [9.17, 15) is 14.4 Å². The number of hydrogen-bond donors (Lipinski definition) is 2. The molecule has 2 saturated heterocycles. The van der Waals surface area contributed by atoms with Gasteiger partial charge in [-0.2, -0.15) is 0 Å². The molecule has 43 heavy (non-hydrogen) atoms. The summed E-state index contributed by atoms with van der Waals surface area (Å²) < 4.78 is 25.4. The van der Waals surface area contributed by atoms with Crippen LogP contribution in [0.5, 0.6) is 0 Å². The number of imidazole rings is 1. The molecule has 2 fully saturated rings. The zero-order chi connectivity index (χ0) is 30.5. The number of likely N-dealkylation sites (N-methyl/N-ethyl adjacent to an activating group) is 2. The SMILES string of the molecule is CCNC(=O)[C@H](C)Nc1ncnc2c1ncn2C1OC(C(=O)N(C)CC(=O)OCC)C2O[C@H](/C=C/c3ccccc3)OC21. The first-order chi connectivity index (χ1) is 20.8. The molecule has 3 aromatic rings. The normalized spacial score (nSPS) is 23.7. The summed E-state index contributed by atoms with van der Waals surface area (Å²) in [6, 6.07) is 9.10. The molecule has 2 aliphatic heterocycles. The molecule has 0 saturated carbocycles. The van der Waals surface area contributed by atoms with Gasteiger partial charge < -0.3 is 34.5 Å². The van der Waals surface area contributed by atoms with Crippen LogP contribution in [0.4, 0.5) is 5.82 Å². The maximum atomic E-state index is 13.5. The van der Waals surface area contributed by atoms with Crippen molar-refractivity contribution in [1.82, 2.24) is 29.7 Å².